The molecule has 12 N–H and O–H groups in total. The summed E-state index contributed by atoms with van der Waals surface area (Å²) in [5.74, 6) is -0.282. The monoisotopic (exact) mass is 1520 g/mol. The number of rotatable bonds is 70. The lowest BCUT2D eigenvalue weighted by atomic mass is 9.96. The van der Waals surface area contributed by atoms with E-state index < -0.39 is 124 Å². The largest absolute Gasteiger partial charge is 0.394 e. The van der Waals surface area contributed by atoms with E-state index in [1.807, 2.05) is 6.08 Å². The van der Waals surface area contributed by atoms with Gasteiger partial charge in [-0.2, -0.15) is 0 Å². The molecule has 0 aromatic carbocycles. The van der Waals surface area contributed by atoms with Crippen LogP contribution in [0.5, 0.6) is 0 Å². The molecule has 17 unspecified atom stereocenters. The van der Waals surface area contributed by atoms with Crippen LogP contribution in [0.15, 0.2) is 72.9 Å². The van der Waals surface area contributed by atoms with Crippen LogP contribution in [0.1, 0.15) is 348 Å². The van der Waals surface area contributed by atoms with E-state index >= 15 is 0 Å². The van der Waals surface area contributed by atoms with E-state index in [4.69, 9.17) is 28.4 Å². The van der Waals surface area contributed by atoms with Crippen molar-refractivity contribution in [3.63, 3.8) is 0 Å². The second-order valence-corrected chi connectivity index (χ2v) is 31.0. The van der Waals surface area contributed by atoms with Crippen LogP contribution in [-0.2, 0) is 33.2 Å². The molecule has 3 saturated heterocycles. The lowest BCUT2D eigenvalue weighted by molar-refractivity contribution is -0.379. The highest BCUT2D eigenvalue weighted by Gasteiger charge is 2.54. The van der Waals surface area contributed by atoms with Crippen molar-refractivity contribution < 1.29 is 89.4 Å². The van der Waals surface area contributed by atoms with Gasteiger partial charge in [-0.3, -0.25) is 4.79 Å². The molecule has 3 aliphatic rings. The highest BCUT2D eigenvalue weighted by atomic mass is 16.8. The van der Waals surface area contributed by atoms with Crippen LogP contribution < -0.4 is 5.32 Å². The van der Waals surface area contributed by atoms with E-state index in [2.05, 4.69) is 79.9 Å². The third-order valence-electron chi connectivity index (χ3n) is 21.5. The van der Waals surface area contributed by atoms with Crippen LogP contribution in [0, 0.1) is 0 Å². The first-order valence-electron chi connectivity index (χ1n) is 43.7. The first-order valence-corrected chi connectivity index (χ1v) is 43.7. The molecule has 19 nitrogen and oxygen atoms in total. The molecule has 0 saturated carbocycles. The summed E-state index contributed by atoms with van der Waals surface area (Å²) in [5.41, 5.74) is 0. The molecule has 1 amide bonds. The summed E-state index contributed by atoms with van der Waals surface area (Å²) in [6.45, 7) is 1.65. The van der Waals surface area contributed by atoms with E-state index in [-0.39, 0.29) is 18.9 Å². The Hall–Kier alpha value is -2.77. The molecule has 0 radical (unpaired) electrons. The van der Waals surface area contributed by atoms with Crippen LogP contribution >= 0.6 is 0 Å². The first-order chi connectivity index (χ1) is 52.3. The minimum absolute atomic E-state index is 0.234. The second kappa shape index (κ2) is 67.7. The summed E-state index contributed by atoms with van der Waals surface area (Å²) in [4.78, 5) is 13.5. The number of aliphatic hydroxyl groups excluding tert-OH is 11. The normalized spacial score (nSPS) is 25.9. The summed E-state index contributed by atoms with van der Waals surface area (Å²) in [6, 6.07) is -0.995. The average Bonchev–Trinajstić information content (AvgIpc) is 0.781. The predicted octanol–water partition coefficient (Wildman–Crippen LogP) is 16.0. The lowest BCUT2D eigenvalue weighted by Gasteiger charge is -2.48. The predicted molar refractivity (Wildman–Crippen MR) is 429 cm³/mol. The zero-order valence-electron chi connectivity index (χ0n) is 67.1. The van der Waals surface area contributed by atoms with E-state index in [1.165, 1.54) is 250 Å². The zero-order valence-corrected chi connectivity index (χ0v) is 67.1. The van der Waals surface area contributed by atoms with Gasteiger partial charge in [0, 0.05) is 6.42 Å². The minimum atomic E-state index is -1.98. The van der Waals surface area contributed by atoms with E-state index in [0.717, 1.165) is 64.2 Å². The van der Waals surface area contributed by atoms with E-state index in [0.29, 0.717) is 12.8 Å². The molecule has 0 bridgehead atoms. The summed E-state index contributed by atoms with van der Waals surface area (Å²) in [6.07, 6.45) is 63.4. The quantitative estimate of drug-likeness (QED) is 0.0199. The van der Waals surface area contributed by atoms with Gasteiger partial charge in [-0.15, -0.1) is 0 Å². The van der Waals surface area contributed by atoms with Gasteiger partial charge in [0.05, 0.1) is 38.6 Å². The van der Waals surface area contributed by atoms with Crippen LogP contribution in [-0.4, -0.2) is 193 Å². The topological polar surface area (TPSA) is 307 Å². The number of aliphatic hydroxyl groups is 11. The van der Waals surface area contributed by atoms with Gasteiger partial charge in [-0.1, -0.05) is 344 Å². The van der Waals surface area contributed by atoms with Crippen molar-refractivity contribution in [2.24, 2.45) is 0 Å². The van der Waals surface area contributed by atoms with Crippen molar-refractivity contribution in [2.45, 2.75) is 452 Å². The molecule has 3 rings (SSSR count). The van der Waals surface area contributed by atoms with Crippen molar-refractivity contribution in [1.82, 2.24) is 5.32 Å². The average molecular weight is 1520 g/mol. The van der Waals surface area contributed by atoms with E-state index in [1.54, 1.807) is 6.08 Å². The first kappa shape index (κ1) is 98.4. The Morgan fingerprint density at radius 1 is 0.346 bits per heavy atom. The van der Waals surface area contributed by atoms with Gasteiger partial charge >= 0.3 is 0 Å². The van der Waals surface area contributed by atoms with Crippen molar-refractivity contribution >= 4 is 5.91 Å². The molecular formula is C88H159NO18. The Bertz CT molecular complexity index is 2210. The van der Waals surface area contributed by atoms with Gasteiger partial charge in [0.15, 0.2) is 18.9 Å². The Morgan fingerprint density at radius 2 is 0.654 bits per heavy atom. The van der Waals surface area contributed by atoms with Crippen LogP contribution in [0.2, 0.25) is 0 Å². The maximum absolute atomic E-state index is 13.5. The SMILES string of the molecule is CC/C=C\C/C=C\C/C=C\C/C=C\CCCCCCCCCCCCCCCCCCC(=O)NC(COC1OC(CO)C(OC2OC(CO)C(OC3OC(CO)C(O)C(O)C3O)C(O)C2O)C(O)C1O)C(O)/C=C/CC/C=C/CCCCCCCCCCCCCCCCCCCCCCCCCCCCC. The van der Waals surface area contributed by atoms with Gasteiger partial charge < -0.3 is 89.9 Å². The molecule has 3 fully saturated rings. The number of carbonyl (C=O) groups is 1. The molecule has 107 heavy (non-hydrogen) atoms. The lowest BCUT2D eigenvalue weighted by Crippen LogP contribution is -2.66. The fourth-order valence-corrected chi connectivity index (χ4v) is 14.6. The number of hydrogen-bond donors (Lipinski definition) is 12. The summed E-state index contributed by atoms with van der Waals surface area (Å²) in [7, 11) is 0. The van der Waals surface area contributed by atoms with Crippen molar-refractivity contribution in [3.8, 4) is 0 Å². The van der Waals surface area contributed by atoms with Crippen molar-refractivity contribution in [1.29, 1.82) is 0 Å². The number of carbonyl (C=O) groups excluding carboxylic acids is 1. The summed E-state index contributed by atoms with van der Waals surface area (Å²) >= 11 is 0. The minimum Gasteiger partial charge on any atom is -0.394 e. The maximum Gasteiger partial charge on any atom is 0.220 e. The van der Waals surface area contributed by atoms with Crippen LogP contribution in [0.3, 0.4) is 0 Å². The molecule has 19 heteroatoms. The smallest absolute Gasteiger partial charge is 0.220 e. The number of nitrogens with one attached hydrogen (secondary N) is 1. The molecule has 0 spiro atoms. The summed E-state index contributed by atoms with van der Waals surface area (Å²) in [5, 5.41) is 121. The standard InChI is InChI=1S/C88H159NO18/c1-3-5-7-9-11-13-15-17-19-21-23-25-27-29-31-33-34-35-36-38-39-41-43-45-47-49-51-53-55-57-59-61-63-65-72(93)71(89-76(94)66-64-62-60-58-56-54-52-50-48-46-44-42-40-37-32-30-28-26-24-22-20-18-16-14-12-10-8-6-4-2)70-102-86-82(100)79(97)84(74(68-91)104-86)107-88-83(101)80(98)85(75(69-92)105-88)106-87-81(99)78(96)77(95)73(67-90)103-87/h6,8,12,14,18,20,24,26,55,57,63,65,71-75,77-88,90-93,95-101H,3-5,7,9-11,13,15-17,19,21-23,25,27-54,56,58-62,64,66-70H2,1-2H3,(H,89,94)/b8-6-,14-12-,20-18-,26-24-,57-55+,65-63+. The zero-order chi connectivity index (χ0) is 77.4. The Balaban J connectivity index is 1.35. The van der Waals surface area contributed by atoms with Gasteiger partial charge in [-0.05, 0) is 70.6 Å². The molecule has 0 aromatic heterocycles. The van der Waals surface area contributed by atoms with Gasteiger partial charge in [0.2, 0.25) is 5.91 Å². The highest BCUT2D eigenvalue weighted by molar-refractivity contribution is 5.76. The van der Waals surface area contributed by atoms with Gasteiger partial charge in [0.25, 0.3) is 0 Å². The molecular weight excluding hydrogens is 1360 g/mol. The fourth-order valence-electron chi connectivity index (χ4n) is 14.6. The van der Waals surface area contributed by atoms with Crippen LogP contribution in [0.25, 0.3) is 0 Å². The molecule has 3 heterocycles. The van der Waals surface area contributed by atoms with Crippen molar-refractivity contribution in [2.75, 3.05) is 26.4 Å². The third kappa shape index (κ3) is 46.9. The molecule has 0 aliphatic carbocycles. The number of ether oxygens (including phenoxy) is 6. The van der Waals surface area contributed by atoms with Gasteiger partial charge in [0.1, 0.15) is 73.2 Å². The maximum atomic E-state index is 13.5. The van der Waals surface area contributed by atoms with Gasteiger partial charge in [-0.25, -0.2) is 0 Å². The number of unbranched alkanes of at least 4 members (excludes halogenated alkanes) is 44. The third-order valence-corrected chi connectivity index (χ3v) is 21.5. The molecule has 0 aromatic rings. The Labute approximate surface area is 648 Å². The highest BCUT2D eigenvalue weighted by Crippen LogP contribution is 2.33. The Kier molecular flexibility index (Phi) is 62.3. The molecule has 624 valence electrons. The second-order valence-electron chi connectivity index (χ2n) is 31.0. The molecule has 17 atom stereocenters. The molecule has 3 aliphatic heterocycles. The number of amides is 1. The van der Waals surface area contributed by atoms with Crippen LogP contribution in [0.4, 0.5) is 0 Å². The number of allylic oxidation sites excluding steroid dienone is 11. The van der Waals surface area contributed by atoms with Crippen molar-refractivity contribution in [3.05, 3.63) is 72.9 Å². The van der Waals surface area contributed by atoms with E-state index in [9.17, 15) is 61.0 Å². The number of hydrogen-bond acceptors (Lipinski definition) is 18. The summed E-state index contributed by atoms with van der Waals surface area (Å²) < 4.78 is 34.5. The fraction of sp³-hybridized carbons (Fsp3) is 0.852. The Morgan fingerprint density at radius 3 is 1.05 bits per heavy atom.